The normalized spacial score (nSPS) is 28.0. The first-order valence-corrected chi connectivity index (χ1v) is 7.16. The predicted molar refractivity (Wildman–Crippen MR) is 76.8 cm³/mol. The van der Waals surface area contributed by atoms with E-state index >= 15 is 0 Å². The molecule has 4 nitrogen and oxygen atoms in total. The van der Waals surface area contributed by atoms with Crippen molar-refractivity contribution in [2.24, 2.45) is 5.73 Å². The van der Waals surface area contributed by atoms with Crippen LogP contribution in [0.25, 0.3) is 0 Å². The Labute approximate surface area is 116 Å². The Kier molecular flexibility index (Phi) is 4.91. The molecular formula is C15H25N3O. The van der Waals surface area contributed by atoms with E-state index in [-0.39, 0.29) is 18.2 Å². The molecule has 1 aliphatic heterocycles. The topological polar surface area (TPSA) is 51.4 Å². The zero-order chi connectivity index (χ0) is 13.8. The Morgan fingerprint density at radius 1 is 1.42 bits per heavy atom. The zero-order valence-electron chi connectivity index (χ0n) is 12.1. The Hall–Kier alpha value is -0.970. The average Bonchev–Trinajstić information content (AvgIpc) is 2.44. The molecule has 4 heteroatoms. The monoisotopic (exact) mass is 263 g/mol. The summed E-state index contributed by atoms with van der Waals surface area (Å²) < 4.78 is 5.72. The van der Waals surface area contributed by atoms with Crippen molar-refractivity contribution in [1.29, 1.82) is 0 Å². The summed E-state index contributed by atoms with van der Waals surface area (Å²) in [6.45, 7) is 8.19. The SMILES string of the molecule is CCC(N)C(c1ccncc1)N1CC(C)OCC1C. The van der Waals surface area contributed by atoms with Crippen molar-refractivity contribution in [1.82, 2.24) is 9.88 Å². The van der Waals surface area contributed by atoms with Crippen LogP contribution in [-0.4, -0.2) is 41.2 Å². The highest BCUT2D eigenvalue weighted by Crippen LogP contribution is 2.29. The summed E-state index contributed by atoms with van der Waals surface area (Å²) in [5.41, 5.74) is 7.64. The molecule has 1 fully saturated rings. The van der Waals surface area contributed by atoms with Gasteiger partial charge in [-0.15, -0.1) is 0 Å². The number of hydrogen-bond donors (Lipinski definition) is 1. The van der Waals surface area contributed by atoms with Gasteiger partial charge in [0, 0.05) is 31.0 Å². The zero-order valence-corrected chi connectivity index (χ0v) is 12.1. The van der Waals surface area contributed by atoms with E-state index in [9.17, 15) is 0 Å². The average molecular weight is 263 g/mol. The van der Waals surface area contributed by atoms with E-state index in [0.717, 1.165) is 19.6 Å². The first-order chi connectivity index (χ1) is 9.13. The highest BCUT2D eigenvalue weighted by molar-refractivity contribution is 5.18. The van der Waals surface area contributed by atoms with Gasteiger partial charge in [-0.1, -0.05) is 6.92 Å². The van der Waals surface area contributed by atoms with Gasteiger partial charge in [0.05, 0.1) is 18.8 Å². The van der Waals surface area contributed by atoms with Crippen molar-refractivity contribution in [3.63, 3.8) is 0 Å². The lowest BCUT2D eigenvalue weighted by molar-refractivity contribution is -0.0707. The standard InChI is InChI=1S/C15H25N3O/c1-4-14(16)15(13-5-7-17-8-6-13)18-9-12(3)19-10-11(18)2/h5-8,11-12,14-15H,4,9-10,16H2,1-3H3. The van der Waals surface area contributed by atoms with Crippen LogP contribution in [0.4, 0.5) is 0 Å². The fourth-order valence-electron chi connectivity index (χ4n) is 2.79. The fourth-order valence-corrected chi connectivity index (χ4v) is 2.79. The minimum Gasteiger partial charge on any atom is -0.376 e. The number of morpholine rings is 1. The van der Waals surface area contributed by atoms with Gasteiger partial charge >= 0.3 is 0 Å². The molecule has 0 saturated carbocycles. The molecule has 1 aliphatic rings. The van der Waals surface area contributed by atoms with E-state index in [0.29, 0.717) is 6.04 Å². The second kappa shape index (κ2) is 6.46. The molecule has 2 N–H and O–H groups in total. The largest absolute Gasteiger partial charge is 0.376 e. The Bertz CT molecular complexity index is 384. The summed E-state index contributed by atoms with van der Waals surface area (Å²) in [5, 5.41) is 0. The van der Waals surface area contributed by atoms with Gasteiger partial charge in [-0.3, -0.25) is 9.88 Å². The van der Waals surface area contributed by atoms with E-state index in [1.165, 1.54) is 5.56 Å². The van der Waals surface area contributed by atoms with E-state index in [2.05, 4.69) is 42.8 Å². The maximum Gasteiger partial charge on any atom is 0.0675 e. The molecule has 4 unspecified atom stereocenters. The van der Waals surface area contributed by atoms with E-state index in [1.807, 2.05) is 12.4 Å². The predicted octanol–water partition coefficient (Wildman–Crippen LogP) is 1.97. The fraction of sp³-hybridized carbons (Fsp3) is 0.667. The molecule has 0 spiro atoms. The van der Waals surface area contributed by atoms with Crippen molar-refractivity contribution in [3.05, 3.63) is 30.1 Å². The highest BCUT2D eigenvalue weighted by Gasteiger charge is 2.33. The third kappa shape index (κ3) is 3.32. The number of hydrogen-bond acceptors (Lipinski definition) is 4. The molecule has 0 aromatic carbocycles. The number of nitrogens with zero attached hydrogens (tertiary/aromatic N) is 2. The first kappa shape index (κ1) is 14.4. The lowest BCUT2D eigenvalue weighted by Crippen LogP contribution is -2.53. The summed E-state index contributed by atoms with van der Waals surface area (Å²) in [7, 11) is 0. The van der Waals surface area contributed by atoms with Gasteiger partial charge in [-0.2, -0.15) is 0 Å². The third-order valence-electron chi connectivity index (χ3n) is 3.94. The van der Waals surface area contributed by atoms with Crippen LogP contribution in [0.15, 0.2) is 24.5 Å². The first-order valence-electron chi connectivity index (χ1n) is 7.16. The van der Waals surface area contributed by atoms with Gasteiger partial charge in [0.25, 0.3) is 0 Å². The molecule has 2 heterocycles. The maximum absolute atomic E-state index is 6.38. The van der Waals surface area contributed by atoms with Crippen molar-refractivity contribution in [2.45, 2.75) is 51.4 Å². The van der Waals surface area contributed by atoms with Crippen LogP contribution < -0.4 is 5.73 Å². The Morgan fingerprint density at radius 2 is 2.11 bits per heavy atom. The van der Waals surface area contributed by atoms with Crippen LogP contribution in [0.5, 0.6) is 0 Å². The van der Waals surface area contributed by atoms with Crippen molar-refractivity contribution in [3.8, 4) is 0 Å². The lowest BCUT2D eigenvalue weighted by Gasteiger charge is -2.44. The van der Waals surface area contributed by atoms with E-state index < -0.39 is 0 Å². The van der Waals surface area contributed by atoms with Crippen LogP contribution in [0.1, 0.15) is 38.8 Å². The second-order valence-electron chi connectivity index (χ2n) is 5.49. The van der Waals surface area contributed by atoms with Crippen LogP contribution in [0, 0.1) is 0 Å². The number of ether oxygens (including phenoxy) is 1. The van der Waals surface area contributed by atoms with Crippen LogP contribution in [-0.2, 0) is 4.74 Å². The van der Waals surface area contributed by atoms with Gasteiger partial charge < -0.3 is 10.5 Å². The van der Waals surface area contributed by atoms with Crippen molar-refractivity contribution >= 4 is 0 Å². The van der Waals surface area contributed by atoms with E-state index in [4.69, 9.17) is 10.5 Å². The van der Waals surface area contributed by atoms with Gasteiger partial charge in [0.1, 0.15) is 0 Å². The number of rotatable bonds is 4. The molecule has 1 saturated heterocycles. The molecule has 106 valence electrons. The third-order valence-corrected chi connectivity index (χ3v) is 3.94. The molecule has 0 radical (unpaired) electrons. The van der Waals surface area contributed by atoms with Crippen molar-refractivity contribution < 1.29 is 4.74 Å². The molecule has 0 bridgehead atoms. The molecule has 1 aromatic heterocycles. The quantitative estimate of drug-likeness (QED) is 0.902. The number of nitrogens with two attached hydrogens (primary N) is 1. The highest BCUT2D eigenvalue weighted by atomic mass is 16.5. The van der Waals surface area contributed by atoms with Gasteiger partial charge in [-0.05, 0) is 38.0 Å². The Balaban J connectivity index is 2.27. The Morgan fingerprint density at radius 3 is 2.74 bits per heavy atom. The molecule has 0 aliphatic carbocycles. The van der Waals surface area contributed by atoms with Crippen molar-refractivity contribution in [2.75, 3.05) is 13.2 Å². The lowest BCUT2D eigenvalue weighted by atomic mass is 9.95. The molecule has 1 aromatic rings. The molecule has 4 atom stereocenters. The second-order valence-corrected chi connectivity index (χ2v) is 5.49. The summed E-state index contributed by atoms with van der Waals surface area (Å²) >= 11 is 0. The van der Waals surface area contributed by atoms with Crippen LogP contribution >= 0.6 is 0 Å². The van der Waals surface area contributed by atoms with Gasteiger partial charge in [-0.25, -0.2) is 0 Å². The smallest absolute Gasteiger partial charge is 0.0675 e. The van der Waals surface area contributed by atoms with E-state index in [1.54, 1.807) is 0 Å². The molecule has 19 heavy (non-hydrogen) atoms. The summed E-state index contributed by atoms with van der Waals surface area (Å²) in [6, 6.07) is 4.93. The van der Waals surface area contributed by atoms with Gasteiger partial charge in [0.15, 0.2) is 0 Å². The van der Waals surface area contributed by atoms with Crippen LogP contribution in [0.3, 0.4) is 0 Å². The molecule has 0 amide bonds. The summed E-state index contributed by atoms with van der Waals surface area (Å²) in [5.74, 6) is 0. The van der Waals surface area contributed by atoms with Crippen LogP contribution in [0.2, 0.25) is 0 Å². The number of aromatic nitrogens is 1. The maximum atomic E-state index is 6.38. The minimum atomic E-state index is 0.134. The molecule has 2 rings (SSSR count). The summed E-state index contributed by atoms with van der Waals surface area (Å²) in [4.78, 5) is 6.59. The number of pyridine rings is 1. The summed E-state index contributed by atoms with van der Waals surface area (Å²) in [6.07, 6.45) is 4.92. The minimum absolute atomic E-state index is 0.134. The van der Waals surface area contributed by atoms with Gasteiger partial charge in [0.2, 0.25) is 0 Å². The molecular weight excluding hydrogens is 238 g/mol.